The average molecular weight is 246 g/mol. The maximum atomic E-state index is 11.7. The Morgan fingerprint density at radius 2 is 2.00 bits per heavy atom. The molecular weight excluding hydrogens is 228 g/mol. The maximum absolute atomic E-state index is 11.7. The molecule has 0 aromatic heterocycles. The molecule has 0 bridgehead atoms. The molecular formula is C14H18N2O2. The average Bonchev–Trinajstić information content (AvgIpc) is 2.34. The van der Waals surface area contributed by atoms with E-state index in [1.54, 1.807) is 0 Å². The molecule has 18 heavy (non-hydrogen) atoms. The van der Waals surface area contributed by atoms with E-state index >= 15 is 0 Å². The smallest absolute Gasteiger partial charge is 0.222 e. The van der Waals surface area contributed by atoms with Crippen LogP contribution >= 0.6 is 0 Å². The van der Waals surface area contributed by atoms with Gasteiger partial charge in [0.1, 0.15) is 0 Å². The van der Waals surface area contributed by atoms with Crippen molar-refractivity contribution in [3.05, 3.63) is 29.8 Å². The molecule has 4 nitrogen and oxygen atoms in total. The molecule has 0 unspecified atom stereocenters. The lowest BCUT2D eigenvalue weighted by Crippen LogP contribution is -2.34. The van der Waals surface area contributed by atoms with Crippen molar-refractivity contribution in [2.45, 2.75) is 32.7 Å². The number of nitrogens with zero attached hydrogens (tertiary/aromatic N) is 1. The van der Waals surface area contributed by atoms with E-state index in [-0.39, 0.29) is 11.8 Å². The van der Waals surface area contributed by atoms with E-state index in [4.69, 9.17) is 0 Å². The lowest BCUT2D eigenvalue weighted by molar-refractivity contribution is -0.133. The van der Waals surface area contributed by atoms with Gasteiger partial charge in [-0.15, -0.1) is 0 Å². The summed E-state index contributed by atoms with van der Waals surface area (Å²) in [6.45, 7) is 3.01. The Bertz CT molecular complexity index is 440. The molecule has 0 spiro atoms. The summed E-state index contributed by atoms with van der Waals surface area (Å²) in [7, 11) is 0. The van der Waals surface area contributed by atoms with Gasteiger partial charge in [-0.3, -0.25) is 9.59 Å². The van der Waals surface area contributed by atoms with Crippen LogP contribution in [-0.2, 0) is 16.1 Å². The predicted molar refractivity (Wildman–Crippen MR) is 70.0 cm³/mol. The summed E-state index contributed by atoms with van der Waals surface area (Å²) in [5, 5.41) is 2.72. The Morgan fingerprint density at radius 1 is 1.28 bits per heavy atom. The number of anilines is 1. The van der Waals surface area contributed by atoms with E-state index in [0.29, 0.717) is 13.0 Å². The number of hydrogen-bond donors (Lipinski definition) is 1. The van der Waals surface area contributed by atoms with Gasteiger partial charge in [0.25, 0.3) is 0 Å². The summed E-state index contributed by atoms with van der Waals surface area (Å²) in [5.41, 5.74) is 1.88. The topological polar surface area (TPSA) is 49.4 Å². The Balaban J connectivity index is 1.97. The highest BCUT2D eigenvalue weighted by Gasteiger charge is 2.17. The number of benzene rings is 1. The number of carbonyl (C=O) groups is 2. The monoisotopic (exact) mass is 246 g/mol. The van der Waals surface area contributed by atoms with Crippen LogP contribution in [0.3, 0.4) is 0 Å². The SMILES string of the molecule is CC(=O)Nc1ccc(CN2CCCCC2=O)cc1. The number of likely N-dealkylation sites (tertiary alicyclic amines) is 1. The largest absolute Gasteiger partial charge is 0.338 e. The molecule has 4 heteroatoms. The maximum Gasteiger partial charge on any atom is 0.222 e. The van der Waals surface area contributed by atoms with Gasteiger partial charge in [-0.05, 0) is 30.5 Å². The van der Waals surface area contributed by atoms with Gasteiger partial charge in [0.05, 0.1) is 0 Å². The molecule has 96 valence electrons. The van der Waals surface area contributed by atoms with Crippen LogP contribution in [-0.4, -0.2) is 23.3 Å². The minimum absolute atomic E-state index is 0.0750. The van der Waals surface area contributed by atoms with Crippen LogP contribution in [0.5, 0.6) is 0 Å². The van der Waals surface area contributed by atoms with Gasteiger partial charge >= 0.3 is 0 Å². The number of hydrogen-bond acceptors (Lipinski definition) is 2. The van der Waals surface area contributed by atoms with E-state index in [2.05, 4.69) is 5.32 Å². The Kier molecular flexibility index (Phi) is 3.97. The molecule has 2 rings (SSSR count). The van der Waals surface area contributed by atoms with E-state index in [1.165, 1.54) is 6.92 Å². The van der Waals surface area contributed by atoms with Gasteiger partial charge < -0.3 is 10.2 Å². The molecule has 0 saturated carbocycles. The molecule has 1 aromatic rings. The molecule has 0 aliphatic carbocycles. The third-order valence-electron chi connectivity index (χ3n) is 3.07. The van der Waals surface area contributed by atoms with Crippen molar-refractivity contribution in [2.75, 3.05) is 11.9 Å². The van der Waals surface area contributed by atoms with Crippen molar-refractivity contribution in [3.8, 4) is 0 Å². The summed E-state index contributed by atoms with van der Waals surface area (Å²) < 4.78 is 0. The van der Waals surface area contributed by atoms with Crippen LogP contribution < -0.4 is 5.32 Å². The van der Waals surface area contributed by atoms with Crippen molar-refractivity contribution >= 4 is 17.5 Å². The third kappa shape index (κ3) is 3.32. The highest BCUT2D eigenvalue weighted by atomic mass is 16.2. The molecule has 1 aromatic carbocycles. The zero-order valence-corrected chi connectivity index (χ0v) is 10.6. The van der Waals surface area contributed by atoms with Crippen LogP contribution in [0.25, 0.3) is 0 Å². The van der Waals surface area contributed by atoms with Crippen LogP contribution in [0.4, 0.5) is 5.69 Å². The van der Waals surface area contributed by atoms with E-state index in [1.807, 2.05) is 29.2 Å². The second kappa shape index (κ2) is 5.67. The molecule has 1 aliphatic rings. The molecule has 0 atom stereocenters. The summed E-state index contributed by atoms with van der Waals surface area (Å²) in [6.07, 6.45) is 2.77. The van der Waals surface area contributed by atoms with Crippen LogP contribution in [0, 0.1) is 0 Å². The van der Waals surface area contributed by atoms with Crippen molar-refractivity contribution in [1.82, 2.24) is 4.90 Å². The van der Waals surface area contributed by atoms with Crippen LogP contribution in [0.15, 0.2) is 24.3 Å². The third-order valence-corrected chi connectivity index (χ3v) is 3.07. The predicted octanol–water partition coefficient (Wildman–Crippen LogP) is 2.16. The van der Waals surface area contributed by atoms with Crippen molar-refractivity contribution < 1.29 is 9.59 Å². The van der Waals surface area contributed by atoms with Crippen LogP contribution in [0.2, 0.25) is 0 Å². The Hall–Kier alpha value is -1.84. The van der Waals surface area contributed by atoms with Crippen molar-refractivity contribution in [2.24, 2.45) is 0 Å². The van der Waals surface area contributed by atoms with Crippen molar-refractivity contribution in [3.63, 3.8) is 0 Å². The second-order valence-electron chi connectivity index (χ2n) is 4.65. The second-order valence-corrected chi connectivity index (χ2v) is 4.65. The first-order valence-electron chi connectivity index (χ1n) is 6.29. The number of amides is 2. The first kappa shape index (κ1) is 12.6. The van der Waals surface area contributed by atoms with Gasteiger partial charge in [-0.25, -0.2) is 0 Å². The zero-order valence-electron chi connectivity index (χ0n) is 10.6. The Morgan fingerprint density at radius 3 is 2.61 bits per heavy atom. The van der Waals surface area contributed by atoms with E-state index in [0.717, 1.165) is 30.6 Å². The van der Waals surface area contributed by atoms with Gasteiger partial charge in [0.15, 0.2) is 0 Å². The Labute approximate surface area is 107 Å². The number of piperidine rings is 1. The first-order valence-corrected chi connectivity index (χ1v) is 6.29. The number of carbonyl (C=O) groups excluding carboxylic acids is 2. The minimum Gasteiger partial charge on any atom is -0.338 e. The summed E-state index contributed by atoms with van der Waals surface area (Å²) in [4.78, 5) is 24.5. The lowest BCUT2D eigenvalue weighted by Gasteiger charge is -2.26. The normalized spacial score (nSPS) is 15.6. The van der Waals surface area contributed by atoms with Gasteiger partial charge in [-0.1, -0.05) is 12.1 Å². The first-order chi connectivity index (χ1) is 8.65. The van der Waals surface area contributed by atoms with Crippen molar-refractivity contribution in [1.29, 1.82) is 0 Å². The highest BCUT2D eigenvalue weighted by molar-refractivity contribution is 5.88. The fourth-order valence-electron chi connectivity index (χ4n) is 2.15. The molecule has 1 N–H and O–H groups in total. The molecule has 2 amide bonds. The van der Waals surface area contributed by atoms with Gasteiger partial charge in [0, 0.05) is 32.1 Å². The summed E-state index contributed by atoms with van der Waals surface area (Å²) in [5.74, 6) is 0.168. The minimum atomic E-state index is -0.0750. The van der Waals surface area contributed by atoms with Gasteiger partial charge in [-0.2, -0.15) is 0 Å². The fraction of sp³-hybridized carbons (Fsp3) is 0.429. The summed E-state index contributed by atoms with van der Waals surface area (Å²) in [6, 6.07) is 7.64. The quantitative estimate of drug-likeness (QED) is 0.888. The fourth-order valence-corrected chi connectivity index (χ4v) is 2.15. The van der Waals surface area contributed by atoms with E-state index < -0.39 is 0 Å². The van der Waals surface area contributed by atoms with Gasteiger partial charge in [0.2, 0.25) is 11.8 Å². The molecule has 1 saturated heterocycles. The summed E-state index contributed by atoms with van der Waals surface area (Å²) >= 11 is 0. The number of rotatable bonds is 3. The molecule has 1 fully saturated rings. The molecule has 1 heterocycles. The molecule has 0 radical (unpaired) electrons. The number of nitrogens with one attached hydrogen (secondary N) is 1. The standard InChI is InChI=1S/C14H18N2O2/c1-11(17)15-13-7-5-12(6-8-13)10-16-9-3-2-4-14(16)18/h5-8H,2-4,9-10H2,1H3,(H,15,17). The van der Waals surface area contributed by atoms with E-state index in [9.17, 15) is 9.59 Å². The zero-order chi connectivity index (χ0) is 13.0. The molecule has 1 aliphatic heterocycles. The van der Waals surface area contributed by atoms with Crippen LogP contribution in [0.1, 0.15) is 31.7 Å². The lowest BCUT2D eigenvalue weighted by atomic mass is 10.1. The highest BCUT2D eigenvalue weighted by Crippen LogP contribution is 2.16.